The van der Waals surface area contributed by atoms with Crippen molar-refractivity contribution in [3.05, 3.63) is 0 Å². The summed E-state index contributed by atoms with van der Waals surface area (Å²) in [6, 6.07) is 0. The molecule has 0 radical (unpaired) electrons. The first kappa shape index (κ1) is 13.7. The number of carbonyl (C=O) groups is 3. The van der Waals surface area contributed by atoms with Crippen LogP contribution in [0.4, 0.5) is 0 Å². The van der Waals surface area contributed by atoms with Crippen LogP contribution < -0.4 is 5.73 Å². The molecule has 0 aromatic carbocycles. The van der Waals surface area contributed by atoms with Crippen molar-refractivity contribution in [1.82, 2.24) is 0 Å². The predicted molar refractivity (Wildman–Crippen MR) is 60.9 cm³/mol. The van der Waals surface area contributed by atoms with Crippen LogP contribution in [-0.4, -0.2) is 24.3 Å². The summed E-state index contributed by atoms with van der Waals surface area (Å²) in [5.74, 6) is -0.552. The first-order chi connectivity index (χ1) is 8.00. The zero-order valence-electron chi connectivity index (χ0n) is 10.1. The second kappa shape index (κ2) is 6.37. The third-order valence-corrected chi connectivity index (χ3v) is 3.09. The van der Waals surface area contributed by atoms with Crippen molar-refractivity contribution in [3.8, 4) is 0 Å². The number of nitrogens with two attached hydrogens (primary N) is 1. The summed E-state index contributed by atoms with van der Waals surface area (Å²) in [6.45, 7) is 2.12. The van der Waals surface area contributed by atoms with Crippen molar-refractivity contribution in [2.45, 2.75) is 39.0 Å². The minimum atomic E-state index is -0.391. The van der Waals surface area contributed by atoms with Crippen LogP contribution >= 0.6 is 0 Å². The Labute approximate surface area is 101 Å². The van der Waals surface area contributed by atoms with Crippen molar-refractivity contribution in [2.24, 2.45) is 17.6 Å². The maximum atomic E-state index is 11.7. The number of hydrogen-bond acceptors (Lipinski definition) is 4. The quantitative estimate of drug-likeness (QED) is 0.569. The second-order valence-corrected chi connectivity index (χ2v) is 4.60. The predicted octanol–water partition coefficient (Wildman–Crippen LogP) is 0.800. The van der Waals surface area contributed by atoms with Crippen LogP contribution in [0.25, 0.3) is 0 Å². The molecule has 0 spiro atoms. The Morgan fingerprint density at radius 1 is 1.47 bits per heavy atom. The van der Waals surface area contributed by atoms with E-state index in [2.05, 4.69) is 0 Å². The van der Waals surface area contributed by atoms with Crippen LogP contribution in [0, 0.1) is 11.8 Å². The smallest absolute Gasteiger partial charge is 0.309 e. The van der Waals surface area contributed by atoms with Gasteiger partial charge >= 0.3 is 5.97 Å². The van der Waals surface area contributed by atoms with E-state index in [4.69, 9.17) is 10.5 Å². The third kappa shape index (κ3) is 4.54. The third-order valence-electron chi connectivity index (χ3n) is 3.09. The molecule has 0 heterocycles. The summed E-state index contributed by atoms with van der Waals surface area (Å²) >= 11 is 0. The molecule has 1 saturated carbocycles. The molecule has 0 saturated heterocycles. The van der Waals surface area contributed by atoms with Crippen LogP contribution in [0.15, 0.2) is 0 Å². The van der Waals surface area contributed by atoms with E-state index in [0.29, 0.717) is 25.7 Å². The first-order valence-electron chi connectivity index (χ1n) is 5.97. The highest BCUT2D eigenvalue weighted by atomic mass is 16.5. The van der Waals surface area contributed by atoms with E-state index in [0.717, 1.165) is 0 Å². The van der Waals surface area contributed by atoms with E-state index >= 15 is 0 Å². The molecule has 1 amide bonds. The zero-order valence-corrected chi connectivity index (χ0v) is 10.1. The SMILES string of the molecule is C[C@H]1CC(=O)CC[C@@H]1C(=O)OCCCC(N)=O. The van der Waals surface area contributed by atoms with Crippen molar-refractivity contribution in [2.75, 3.05) is 6.61 Å². The highest BCUT2D eigenvalue weighted by Gasteiger charge is 2.32. The lowest BCUT2D eigenvalue weighted by molar-refractivity contribution is -0.152. The summed E-state index contributed by atoms with van der Waals surface area (Å²) in [6.07, 6.45) is 2.19. The average Bonchev–Trinajstić information content (AvgIpc) is 2.23. The Balaban J connectivity index is 2.27. The normalized spacial score (nSPS) is 24.4. The van der Waals surface area contributed by atoms with Crippen LogP contribution in [0.1, 0.15) is 39.0 Å². The monoisotopic (exact) mass is 241 g/mol. The van der Waals surface area contributed by atoms with Crippen molar-refractivity contribution < 1.29 is 19.1 Å². The van der Waals surface area contributed by atoms with Crippen LogP contribution in [-0.2, 0) is 19.1 Å². The summed E-state index contributed by atoms with van der Waals surface area (Å²) < 4.78 is 5.08. The lowest BCUT2D eigenvalue weighted by Crippen LogP contribution is -2.30. The highest BCUT2D eigenvalue weighted by Crippen LogP contribution is 2.28. The van der Waals surface area contributed by atoms with Gasteiger partial charge in [0, 0.05) is 19.3 Å². The van der Waals surface area contributed by atoms with Gasteiger partial charge in [-0.3, -0.25) is 14.4 Å². The molecule has 2 N–H and O–H groups in total. The standard InChI is InChI=1S/C12H19NO4/c1-8-7-9(14)4-5-10(8)12(16)17-6-2-3-11(13)15/h8,10H,2-7H2,1H3,(H2,13,15)/t8-,10-/m0/s1. The van der Waals surface area contributed by atoms with E-state index in [1.807, 2.05) is 6.92 Å². The fraction of sp³-hybridized carbons (Fsp3) is 0.750. The van der Waals surface area contributed by atoms with E-state index in [1.54, 1.807) is 0 Å². The highest BCUT2D eigenvalue weighted by molar-refractivity contribution is 5.83. The lowest BCUT2D eigenvalue weighted by atomic mass is 9.80. The van der Waals surface area contributed by atoms with Gasteiger partial charge in [0.15, 0.2) is 0 Å². The molecule has 0 aromatic rings. The number of amides is 1. The molecule has 0 unspecified atom stereocenters. The van der Waals surface area contributed by atoms with Gasteiger partial charge in [-0.1, -0.05) is 6.92 Å². The molecule has 96 valence electrons. The summed E-state index contributed by atoms with van der Waals surface area (Å²) in [7, 11) is 0. The van der Waals surface area contributed by atoms with Crippen molar-refractivity contribution in [1.29, 1.82) is 0 Å². The maximum absolute atomic E-state index is 11.7. The van der Waals surface area contributed by atoms with E-state index in [9.17, 15) is 14.4 Å². The first-order valence-corrected chi connectivity index (χ1v) is 5.97. The molecule has 1 aliphatic rings. The minimum absolute atomic E-state index is 0.0555. The van der Waals surface area contributed by atoms with Gasteiger partial charge in [-0.15, -0.1) is 0 Å². The second-order valence-electron chi connectivity index (χ2n) is 4.60. The van der Waals surface area contributed by atoms with E-state index in [1.165, 1.54) is 0 Å². The Morgan fingerprint density at radius 2 is 2.18 bits per heavy atom. The Morgan fingerprint density at radius 3 is 2.76 bits per heavy atom. The average molecular weight is 241 g/mol. The Bertz CT molecular complexity index is 314. The molecule has 0 aliphatic heterocycles. The number of hydrogen-bond donors (Lipinski definition) is 1. The topological polar surface area (TPSA) is 86.5 Å². The largest absolute Gasteiger partial charge is 0.465 e. The van der Waals surface area contributed by atoms with Gasteiger partial charge < -0.3 is 10.5 Å². The lowest BCUT2D eigenvalue weighted by Gasteiger charge is -2.25. The molecule has 5 heteroatoms. The van der Waals surface area contributed by atoms with Gasteiger partial charge in [0.2, 0.25) is 5.91 Å². The number of Topliss-reactive ketones (excluding diaryl/α,β-unsaturated/α-hetero) is 1. The van der Waals surface area contributed by atoms with Gasteiger partial charge in [0.05, 0.1) is 12.5 Å². The van der Waals surface area contributed by atoms with Crippen molar-refractivity contribution >= 4 is 17.7 Å². The maximum Gasteiger partial charge on any atom is 0.309 e. The molecule has 1 rings (SSSR count). The molecular weight excluding hydrogens is 222 g/mol. The van der Waals surface area contributed by atoms with Crippen molar-refractivity contribution in [3.63, 3.8) is 0 Å². The fourth-order valence-corrected chi connectivity index (χ4v) is 2.08. The number of esters is 1. The van der Waals surface area contributed by atoms with Gasteiger partial charge in [-0.25, -0.2) is 0 Å². The molecule has 5 nitrogen and oxygen atoms in total. The molecular formula is C12H19NO4. The van der Waals surface area contributed by atoms with Gasteiger partial charge in [-0.2, -0.15) is 0 Å². The fourth-order valence-electron chi connectivity index (χ4n) is 2.08. The number of primary amides is 1. The Hall–Kier alpha value is -1.39. The van der Waals surface area contributed by atoms with Crippen LogP contribution in [0.3, 0.4) is 0 Å². The minimum Gasteiger partial charge on any atom is -0.465 e. The number of rotatable bonds is 5. The van der Waals surface area contributed by atoms with Gasteiger partial charge in [-0.05, 0) is 18.8 Å². The number of carbonyl (C=O) groups excluding carboxylic acids is 3. The van der Waals surface area contributed by atoms with Gasteiger partial charge in [0.25, 0.3) is 0 Å². The van der Waals surface area contributed by atoms with E-state index < -0.39 is 5.91 Å². The van der Waals surface area contributed by atoms with Crippen LogP contribution in [0.5, 0.6) is 0 Å². The van der Waals surface area contributed by atoms with E-state index in [-0.39, 0.29) is 36.6 Å². The summed E-state index contributed by atoms with van der Waals surface area (Å²) in [4.78, 5) is 33.4. The molecule has 1 fully saturated rings. The Kier molecular flexibility index (Phi) is 5.12. The zero-order chi connectivity index (χ0) is 12.8. The van der Waals surface area contributed by atoms with Gasteiger partial charge in [0.1, 0.15) is 5.78 Å². The molecule has 1 aliphatic carbocycles. The molecule has 17 heavy (non-hydrogen) atoms. The molecule has 0 bridgehead atoms. The molecule has 2 atom stereocenters. The molecule has 0 aromatic heterocycles. The summed E-state index contributed by atoms with van der Waals surface area (Å²) in [5, 5.41) is 0. The van der Waals surface area contributed by atoms with Crippen LogP contribution in [0.2, 0.25) is 0 Å². The number of ether oxygens (including phenoxy) is 1. The number of ketones is 1. The summed E-state index contributed by atoms with van der Waals surface area (Å²) in [5.41, 5.74) is 4.97.